The summed E-state index contributed by atoms with van der Waals surface area (Å²) in [6.45, 7) is 9.13. The Morgan fingerprint density at radius 1 is 1.29 bits per heavy atom. The molecular weight excluding hydrogens is 388 g/mol. The molecule has 1 N–H and O–H groups in total. The van der Waals surface area contributed by atoms with Gasteiger partial charge in [-0.1, -0.05) is 39.0 Å². The first kappa shape index (κ1) is 22.6. The van der Waals surface area contributed by atoms with Crippen LogP contribution in [0.3, 0.4) is 0 Å². The van der Waals surface area contributed by atoms with Crippen molar-refractivity contribution in [3.63, 3.8) is 0 Å². The van der Waals surface area contributed by atoms with Crippen LogP contribution in [0.5, 0.6) is 5.75 Å². The number of nitrogens with zero attached hydrogens (tertiary/aromatic N) is 1. The summed E-state index contributed by atoms with van der Waals surface area (Å²) in [7, 11) is 4.18. The lowest BCUT2D eigenvalue weighted by atomic mass is 9.58. The monoisotopic (exact) mass is 428 g/mol. The van der Waals surface area contributed by atoms with E-state index in [9.17, 15) is 4.79 Å². The molecule has 2 saturated carbocycles. The molecule has 2 bridgehead atoms. The van der Waals surface area contributed by atoms with Crippen LogP contribution >= 0.6 is 0 Å². The molecule has 1 amide bonds. The number of fused-ring (bicyclic) bond motifs is 1. The Hall–Kier alpha value is -1.59. The average Bonchev–Trinajstić information content (AvgIpc) is 3.23. The second-order valence-corrected chi connectivity index (χ2v) is 10.7. The van der Waals surface area contributed by atoms with Crippen LogP contribution < -0.4 is 10.1 Å². The summed E-state index contributed by atoms with van der Waals surface area (Å²) >= 11 is 0. The van der Waals surface area contributed by atoms with Crippen molar-refractivity contribution in [1.82, 2.24) is 10.2 Å². The third-order valence-corrected chi connectivity index (χ3v) is 8.36. The van der Waals surface area contributed by atoms with Crippen LogP contribution in [0.1, 0.15) is 64.5 Å². The molecule has 172 valence electrons. The zero-order chi connectivity index (χ0) is 22.2. The normalized spacial score (nSPS) is 33.4. The van der Waals surface area contributed by atoms with E-state index in [0.29, 0.717) is 24.9 Å². The van der Waals surface area contributed by atoms with E-state index in [1.807, 2.05) is 6.92 Å². The number of carbonyl (C=O) groups is 1. The van der Waals surface area contributed by atoms with Crippen molar-refractivity contribution in [2.45, 2.75) is 65.0 Å². The Bertz CT molecular complexity index is 793. The van der Waals surface area contributed by atoms with Gasteiger partial charge < -0.3 is 19.7 Å². The lowest BCUT2D eigenvalue weighted by Crippen LogP contribution is -2.58. The molecule has 1 aromatic carbocycles. The number of rotatable bonds is 8. The van der Waals surface area contributed by atoms with Crippen LogP contribution in [-0.4, -0.2) is 50.7 Å². The van der Waals surface area contributed by atoms with Gasteiger partial charge in [-0.25, -0.2) is 0 Å². The predicted octanol–water partition coefficient (Wildman–Crippen LogP) is 4.43. The number of para-hydroxylation sites is 1. The van der Waals surface area contributed by atoms with Gasteiger partial charge in [-0.3, -0.25) is 4.79 Å². The summed E-state index contributed by atoms with van der Waals surface area (Å²) in [5.74, 6) is 2.18. The highest BCUT2D eigenvalue weighted by Gasteiger charge is 2.68. The molecule has 5 atom stereocenters. The van der Waals surface area contributed by atoms with E-state index in [1.54, 1.807) is 0 Å². The molecule has 2 aliphatic carbocycles. The van der Waals surface area contributed by atoms with Crippen LogP contribution in [0.25, 0.3) is 0 Å². The van der Waals surface area contributed by atoms with Crippen molar-refractivity contribution < 1.29 is 14.3 Å². The van der Waals surface area contributed by atoms with Gasteiger partial charge in [0.1, 0.15) is 5.75 Å². The van der Waals surface area contributed by atoms with E-state index in [1.165, 1.54) is 18.4 Å². The minimum Gasteiger partial charge on any atom is -0.493 e. The van der Waals surface area contributed by atoms with Gasteiger partial charge in [0.15, 0.2) is 0 Å². The maximum atomic E-state index is 12.4. The Labute approximate surface area is 187 Å². The number of amides is 1. The van der Waals surface area contributed by atoms with E-state index in [2.05, 4.69) is 62.4 Å². The van der Waals surface area contributed by atoms with Crippen molar-refractivity contribution in [1.29, 1.82) is 0 Å². The molecule has 3 fully saturated rings. The second-order valence-electron chi connectivity index (χ2n) is 10.7. The Morgan fingerprint density at radius 2 is 2.06 bits per heavy atom. The lowest BCUT2D eigenvalue weighted by molar-refractivity contribution is -0.137. The van der Waals surface area contributed by atoms with E-state index in [-0.39, 0.29) is 28.9 Å². The second kappa shape index (κ2) is 8.74. The Balaban J connectivity index is 1.58. The number of ether oxygens (including phenoxy) is 2. The zero-order valence-corrected chi connectivity index (χ0v) is 19.9. The largest absolute Gasteiger partial charge is 0.493 e. The standard InChI is InChI=1S/C26H40N2O3/c1-6-22(29)27-24-25(2,3)18-16-20-23(31-15-12-26(20,24)17-18)19-10-7-8-11-21(19)30-14-9-13-28(4)5/h7-8,10-11,18,20,23-24H,6,9,12-17H2,1-5H3,(H,27,29)/t18-,20-,23-,24+,26?/m1/s1. The number of nitrogens with one attached hydrogen (secondary N) is 1. The van der Waals surface area contributed by atoms with Gasteiger partial charge in [0.2, 0.25) is 5.91 Å². The molecular formula is C26H40N2O3. The van der Waals surface area contributed by atoms with E-state index in [4.69, 9.17) is 9.47 Å². The first-order valence-electron chi connectivity index (χ1n) is 12.1. The minimum atomic E-state index is 0.0425. The zero-order valence-electron chi connectivity index (χ0n) is 19.9. The van der Waals surface area contributed by atoms with Crippen LogP contribution in [-0.2, 0) is 9.53 Å². The summed E-state index contributed by atoms with van der Waals surface area (Å²) in [5.41, 5.74) is 1.44. The van der Waals surface area contributed by atoms with E-state index < -0.39 is 0 Å². The fourth-order valence-corrected chi connectivity index (χ4v) is 6.77. The molecule has 0 radical (unpaired) electrons. The lowest BCUT2D eigenvalue weighted by Gasteiger charge is -2.53. The van der Waals surface area contributed by atoms with Gasteiger partial charge in [-0.2, -0.15) is 0 Å². The molecule has 4 rings (SSSR count). The summed E-state index contributed by atoms with van der Waals surface area (Å²) in [5, 5.41) is 3.45. The van der Waals surface area contributed by atoms with E-state index >= 15 is 0 Å². The third kappa shape index (κ3) is 4.00. The van der Waals surface area contributed by atoms with Crippen molar-refractivity contribution in [2.24, 2.45) is 22.7 Å². The molecule has 1 aromatic rings. The van der Waals surface area contributed by atoms with Gasteiger partial charge in [-0.05, 0) is 68.5 Å². The van der Waals surface area contributed by atoms with Gasteiger partial charge in [0.25, 0.3) is 0 Å². The smallest absolute Gasteiger partial charge is 0.219 e. The van der Waals surface area contributed by atoms with Crippen molar-refractivity contribution >= 4 is 5.91 Å². The molecule has 1 heterocycles. The van der Waals surface area contributed by atoms with Crippen molar-refractivity contribution in [3.05, 3.63) is 29.8 Å². The Morgan fingerprint density at radius 3 is 2.81 bits per heavy atom. The molecule has 31 heavy (non-hydrogen) atoms. The summed E-state index contributed by atoms with van der Waals surface area (Å²) in [6.07, 6.45) is 4.99. The predicted molar refractivity (Wildman–Crippen MR) is 123 cm³/mol. The number of hydrogen-bond acceptors (Lipinski definition) is 4. The Kier molecular flexibility index (Phi) is 6.37. The summed E-state index contributed by atoms with van der Waals surface area (Å²) < 4.78 is 12.7. The molecule has 1 unspecified atom stereocenters. The molecule has 5 heteroatoms. The van der Waals surface area contributed by atoms with Crippen LogP contribution in [0.2, 0.25) is 0 Å². The molecule has 1 aliphatic heterocycles. The molecule has 1 spiro atoms. The molecule has 3 aliphatic rings. The van der Waals surface area contributed by atoms with Gasteiger partial charge >= 0.3 is 0 Å². The van der Waals surface area contributed by atoms with Crippen LogP contribution in [0.4, 0.5) is 0 Å². The molecule has 5 nitrogen and oxygen atoms in total. The van der Waals surface area contributed by atoms with Gasteiger partial charge in [-0.15, -0.1) is 0 Å². The van der Waals surface area contributed by atoms with E-state index in [0.717, 1.165) is 31.7 Å². The van der Waals surface area contributed by atoms with Crippen molar-refractivity contribution in [2.75, 3.05) is 33.9 Å². The van der Waals surface area contributed by atoms with Crippen LogP contribution in [0, 0.1) is 22.7 Å². The fraction of sp³-hybridized carbons (Fsp3) is 0.731. The first-order valence-corrected chi connectivity index (χ1v) is 12.1. The number of hydrogen-bond donors (Lipinski definition) is 1. The maximum Gasteiger partial charge on any atom is 0.219 e. The summed E-state index contributed by atoms with van der Waals surface area (Å²) in [4.78, 5) is 14.6. The van der Waals surface area contributed by atoms with Gasteiger partial charge in [0.05, 0.1) is 12.7 Å². The summed E-state index contributed by atoms with van der Waals surface area (Å²) in [6, 6.07) is 8.64. The van der Waals surface area contributed by atoms with Gasteiger partial charge in [0, 0.05) is 31.2 Å². The highest BCUT2D eigenvalue weighted by molar-refractivity contribution is 5.76. The molecule has 0 aromatic heterocycles. The highest BCUT2D eigenvalue weighted by Crippen LogP contribution is 2.70. The average molecular weight is 429 g/mol. The van der Waals surface area contributed by atoms with Crippen LogP contribution in [0.15, 0.2) is 24.3 Å². The topological polar surface area (TPSA) is 50.8 Å². The number of carbonyl (C=O) groups excluding carboxylic acids is 1. The van der Waals surface area contributed by atoms with Crippen molar-refractivity contribution in [3.8, 4) is 5.75 Å². The quantitative estimate of drug-likeness (QED) is 0.623. The molecule has 1 saturated heterocycles. The first-order chi connectivity index (χ1) is 14.8. The number of benzene rings is 1. The highest BCUT2D eigenvalue weighted by atomic mass is 16.5. The fourth-order valence-electron chi connectivity index (χ4n) is 6.77. The maximum absolute atomic E-state index is 12.4. The minimum absolute atomic E-state index is 0.0425. The SMILES string of the molecule is CCC(=O)N[C@H]1C(C)(C)[C@@H]2C[C@@H]3[C@@H](c4ccccc4OCCCN(C)C)OCCC31C2. The third-order valence-electron chi connectivity index (χ3n) is 8.36.